The molecule has 104 valence electrons. The topological polar surface area (TPSA) is 41.0 Å². The molecule has 1 aromatic rings. The molecule has 0 bridgehead atoms. The van der Waals surface area contributed by atoms with Crippen LogP contribution < -0.4 is 10.2 Å². The molecule has 5 heteroatoms. The zero-order valence-electron chi connectivity index (χ0n) is 11.5. The number of hydrogen-bond donors (Lipinski definition) is 1. The minimum atomic E-state index is 0.766. The monoisotopic (exact) mass is 278 g/mol. The van der Waals surface area contributed by atoms with Crippen LogP contribution in [0.4, 0.5) is 5.82 Å². The SMILES string of the molecule is CSc1cc(N2CCCC(CNC3CC3)C2)ncn1. The molecule has 2 aliphatic rings. The summed E-state index contributed by atoms with van der Waals surface area (Å²) in [6, 6.07) is 2.93. The summed E-state index contributed by atoms with van der Waals surface area (Å²) in [7, 11) is 0. The van der Waals surface area contributed by atoms with E-state index >= 15 is 0 Å². The van der Waals surface area contributed by atoms with Crippen molar-refractivity contribution < 1.29 is 0 Å². The second kappa shape index (κ2) is 6.09. The van der Waals surface area contributed by atoms with Gasteiger partial charge in [0.2, 0.25) is 0 Å². The van der Waals surface area contributed by atoms with Gasteiger partial charge in [-0.1, -0.05) is 0 Å². The Morgan fingerprint density at radius 2 is 2.26 bits per heavy atom. The summed E-state index contributed by atoms with van der Waals surface area (Å²) in [6.07, 6.45) is 9.11. The summed E-state index contributed by atoms with van der Waals surface area (Å²) in [5, 5.41) is 4.72. The highest BCUT2D eigenvalue weighted by Gasteiger charge is 2.25. The van der Waals surface area contributed by atoms with Crippen molar-refractivity contribution >= 4 is 17.6 Å². The summed E-state index contributed by atoms with van der Waals surface area (Å²) >= 11 is 1.68. The lowest BCUT2D eigenvalue weighted by Gasteiger charge is -2.33. The predicted molar refractivity (Wildman–Crippen MR) is 79.8 cm³/mol. The van der Waals surface area contributed by atoms with Gasteiger partial charge in [-0.05, 0) is 44.4 Å². The Kier molecular flexibility index (Phi) is 4.23. The zero-order valence-corrected chi connectivity index (χ0v) is 12.3. The molecule has 0 amide bonds. The number of nitrogens with one attached hydrogen (secondary N) is 1. The van der Waals surface area contributed by atoms with Gasteiger partial charge in [0, 0.05) is 25.2 Å². The van der Waals surface area contributed by atoms with Crippen molar-refractivity contribution in [3.05, 3.63) is 12.4 Å². The summed E-state index contributed by atoms with van der Waals surface area (Å²) in [5.41, 5.74) is 0. The molecule has 1 saturated carbocycles. The van der Waals surface area contributed by atoms with E-state index in [4.69, 9.17) is 0 Å². The highest BCUT2D eigenvalue weighted by molar-refractivity contribution is 7.98. The number of nitrogens with zero attached hydrogens (tertiary/aromatic N) is 3. The third kappa shape index (κ3) is 3.60. The zero-order chi connectivity index (χ0) is 13.1. The molecule has 1 aromatic heterocycles. The first-order chi connectivity index (χ1) is 9.35. The van der Waals surface area contributed by atoms with Gasteiger partial charge < -0.3 is 10.2 Å². The van der Waals surface area contributed by atoms with Crippen LogP contribution in [0.15, 0.2) is 17.4 Å². The second-order valence-corrected chi connectivity index (χ2v) is 6.38. The summed E-state index contributed by atoms with van der Waals surface area (Å²) in [4.78, 5) is 11.1. The van der Waals surface area contributed by atoms with Crippen LogP contribution in [0.3, 0.4) is 0 Å². The second-order valence-electron chi connectivity index (χ2n) is 5.56. The largest absolute Gasteiger partial charge is 0.356 e. The van der Waals surface area contributed by atoms with E-state index in [-0.39, 0.29) is 0 Å². The standard InChI is InChI=1S/C14H22N4S/c1-19-14-7-13(16-10-17-14)18-6-2-3-11(9-18)8-15-12-4-5-12/h7,10-12,15H,2-6,8-9H2,1H3. The molecule has 0 aromatic carbocycles. The van der Waals surface area contributed by atoms with Gasteiger partial charge >= 0.3 is 0 Å². The van der Waals surface area contributed by atoms with Crippen LogP contribution >= 0.6 is 11.8 Å². The van der Waals surface area contributed by atoms with Crippen molar-refractivity contribution in [2.24, 2.45) is 5.92 Å². The number of hydrogen-bond acceptors (Lipinski definition) is 5. The van der Waals surface area contributed by atoms with Crippen molar-refractivity contribution in [2.75, 3.05) is 30.8 Å². The van der Waals surface area contributed by atoms with Crippen LogP contribution in [-0.4, -0.2) is 41.9 Å². The van der Waals surface area contributed by atoms with E-state index in [0.29, 0.717) is 0 Å². The van der Waals surface area contributed by atoms with Crippen LogP contribution in [0.5, 0.6) is 0 Å². The molecule has 1 aliphatic carbocycles. The van der Waals surface area contributed by atoms with Gasteiger partial charge in [-0.15, -0.1) is 11.8 Å². The Morgan fingerprint density at radius 1 is 1.37 bits per heavy atom. The fourth-order valence-corrected chi connectivity index (χ4v) is 3.05. The number of rotatable bonds is 5. The molecule has 1 saturated heterocycles. The van der Waals surface area contributed by atoms with E-state index < -0.39 is 0 Å². The first-order valence-electron chi connectivity index (χ1n) is 7.19. The molecular formula is C14H22N4S. The molecule has 1 aliphatic heterocycles. The smallest absolute Gasteiger partial charge is 0.133 e. The molecule has 2 fully saturated rings. The average molecular weight is 278 g/mol. The molecule has 0 radical (unpaired) electrons. The number of anilines is 1. The van der Waals surface area contributed by atoms with E-state index in [0.717, 1.165) is 35.9 Å². The van der Waals surface area contributed by atoms with Gasteiger partial charge in [0.1, 0.15) is 17.2 Å². The normalized spacial score (nSPS) is 23.6. The number of thioether (sulfide) groups is 1. The van der Waals surface area contributed by atoms with Crippen LogP contribution in [-0.2, 0) is 0 Å². The maximum atomic E-state index is 4.43. The van der Waals surface area contributed by atoms with Crippen molar-refractivity contribution in [1.29, 1.82) is 0 Å². The van der Waals surface area contributed by atoms with E-state index in [9.17, 15) is 0 Å². The van der Waals surface area contributed by atoms with Crippen LogP contribution in [0, 0.1) is 5.92 Å². The maximum absolute atomic E-state index is 4.43. The van der Waals surface area contributed by atoms with Crippen LogP contribution in [0.2, 0.25) is 0 Å². The third-order valence-electron chi connectivity index (χ3n) is 3.95. The molecule has 3 rings (SSSR count). The lowest BCUT2D eigenvalue weighted by atomic mass is 9.98. The van der Waals surface area contributed by atoms with E-state index in [1.165, 1.54) is 32.2 Å². The molecule has 4 nitrogen and oxygen atoms in total. The fraction of sp³-hybridized carbons (Fsp3) is 0.714. The molecule has 19 heavy (non-hydrogen) atoms. The van der Waals surface area contributed by atoms with Crippen molar-refractivity contribution in [3.63, 3.8) is 0 Å². The summed E-state index contributed by atoms with van der Waals surface area (Å²) < 4.78 is 0. The van der Waals surface area contributed by atoms with Crippen molar-refractivity contribution in [1.82, 2.24) is 15.3 Å². The highest BCUT2D eigenvalue weighted by atomic mass is 32.2. The third-order valence-corrected chi connectivity index (χ3v) is 4.59. The predicted octanol–water partition coefficient (Wildman–Crippen LogP) is 2.17. The first kappa shape index (κ1) is 13.2. The number of aromatic nitrogens is 2. The van der Waals surface area contributed by atoms with Gasteiger partial charge in [-0.2, -0.15) is 0 Å². The first-order valence-corrected chi connectivity index (χ1v) is 8.42. The van der Waals surface area contributed by atoms with Gasteiger partial charge in [0.25, 0.3) is 0 Å². The summed E-state index contributed by atoms with van der Waals surface area (Å²) in [6.45, 7) is 3.43. The van der Waals surface area contributed by atoms with Gasteiger partial charge in [-0.3, -0.25) is 0 Å². The van der Waals surface area contributed by atoms with Gasteiger partial charge in [0.15, 0.2) is 0 Å². The summed E-state index contributed by atoms with van der Waals surface area (Å²) in [5.74, 6) is 1.86. The Balaban J connectivity index is 1.59. The van der Waals surface area contributed by atoms with Crippen LogP contribution in [0.1, 0.15) is 25.7 Å². The molecular weight excluding hydrogens is 256 g/mol. The minimum absolute atomic E-state index is 0.766. The lowest BCUT2D eigenvalue weighted by molar-refractivity contribution is 0.389. The minimum Gasteiger partial charge on any atom is -0.356 e. The Morgan fingerprint density at radius 3 is 3.05 bits per heavy atom. The molecule has 1 unspecified atom stereocenters. The number of piperidine rings is 1. The average Bonchev–Trinajstić information content (AvgIpc) is 3.30. The fourth-order valence-electron chi connectivity index (χ4n) is 2.68. The van der Waals surface area contributed by atoms with Gasteiger partial charge in [0.05, 0.1) is 0 Å². The van der Waals surface area contributed by atoms with Crippen molar-refractivity contribution in [3.8, 4) is 0 Å². The van der Waals surface area contributed by atoms with E-state index in [1.807, 2.05) is 0 Å². The van der Waals surface area contributed by atoms with Crippen molar-refractivity contribution in [2.45, 2.75) is 36.8 Å². The molecule has 2 heterocycles. The van der Waals surface area contributed by atoms with E-state index in [2.05, 4.69) is 32.5 Å². The van der Waals surface area contributed by atoms with Gasteiger partial charge in [-0.25, -0.2) is 9.97 Å². The maximum Gasteiger partial charge on any atom is 0.133 e. The molecule has 1 atom stereocenters. The molecule has 1 N–H and O–H groups in total. The molecule has 0 spiro atoms. The quantitative estimate of drug-likeness (QED) is 0.660. The highest BCUT2D eigenvalue weighted by Crippen LogP contribution is 2.25. The Labute approximate surface area is 119 Å². The lowest BCUT2D eigenvalue weighted by Crippen LogP contribution is -2.40. The van der Waals surface area contributed by atoms with E-state index in [1.54, 1.807) is 18.1 Å². The Hall–Kier alpha value is -0.810. The van der Waals surface area contributed by atoms with Crippen LogP contribution in [0.25, 0.3) is 0 Å². The Bertz CT molecular complexity index is 422.